The molecule has 0 spiro atoms. The third kappa shape index (κ3) is 2.01. The number of nitrogens with zero attached hydrogens (tertiary/aromatic N) is 1. The van der Waals surface area contributed by atoms with Gasteiger partial charge in [0.2, 0.25) is 0 Å². The molecule has 0 radical (unpaired) electrons. The largest absolute Gasteiger partial charge is 0.383 e. The summed E-state index contributed by atoms with van der Waals surface area (Å²) in [4.78, 5) is 2.39. The van der Waals surface area contributed by atoms with Gasteiger partial charge in [0.05, 0.1) is 11.4 Å². The fraction of sp³-hybridized carbons (Fsp3) is 0.571. The number of nitrogens with one attached hydrogen (secondary N) is 1. The molecule has 1 aromatic rings. The molecule has 1 unspecified atom stereocenters. The highest BCUT2D eigenvalue weighted by Crippen LogP contribution is 2.32. The molecule has 1 atom stereocenters. The van der Waals surface area contributed by atoms with Crippen molar-refractivity contribution < 1.29 is 0 Å². The fourth-order valence-electron chi connectivity index (χ4n) is 2.20. The molecule has 0 fully saturated rings. The van der Waals surface area contributed by atoms with Crippen LogP contribution >= 0.6 is 0 Å². The van der Waals surface area contributed by atoms with Gasteiger partial charge in [0, 0.05) is 19.6 Å². The van der Waals surface area contributed by atoms with Crippen molar-refractivity contribution in [3.63, 3.8) is 0 Å². The Hall–Kier alpha value is -1.18. The van der Waals surface area contributed by atoms with E-state index in [4.69, 9.17) is 0 Å². The van der Waals surface area contributed by atoms with Crippen LogP contribution in [0.5, 0.6) is 0 Å². The van der Waals surface area contributed by atoms with E-state index in [2.05, 4.69) is 56.2 Å². The lowest BCUT2D eigenvalue weighted by molar-refractivity contribution is 0.657. The average Bonchev–Trinajstić information content (AvgIpc) is 2.40. The molecule has 1 aliphatic heterocycles. The quantitative estimate of drug-likeness (QED) is 0.776. The van der Waals surface area contributed by atoms with Gasteiger partial charge in [0.25, 0.3) is 0 Å². The number of benzene rings is 1. The van der Waals surface area contributed by atoms with E-state index in [0.29, 0.717) is 12.0 Å². The average molecular weight is 218 g/mol. The molecule has 16 heavy (non-hydrogen) atoms. The van der Waals surface area contributed by atoms with E-state index in [0.717, 1.165) is 6.54 Å². The van der Waals surface area contributed by atoms with Gasteiger partial charge in [-0.1, -0.05) is 19.9 Å². The lowest BCUT2D eigenvalue weighted by Gasteiger charge is -2.26. The van der Waals surface area contributed by atoms with Crippen LogP contribution in [0, 0.1) is 0 Å². The number of fused-ring (bicyclic) bond motifs is 1. The van der Waals surface area contributed by atoms with E-state index in [1.165, 1.54) is 23.4 Å². The SMILES string of the molecule is CC(C)c1ccc2c(c1)N(C)C(C)CCN2. The molecule has 1 aliphatic rings. The summed E-state index contributed by atoms with van der Waals surface area (Å²) in [6.45, 7) is 7.85. The third-order valence-corrected chi connectivity index (χ3v) is 3.61. The number of rotatable bonds is 1. The normalized spacial score (nSPS) is 20.3. The fourth-order valence-corrected chi connectivity index (χ4v) is 2.20. The summed E-state index contributed by atoms with van der Waals surface area (Å²) < 4.78 is 0. The summed E-state index contributed by atoms with van der Waals surface area (Å²) in [7, 11) is 2.20. The van der Waals surface area contributed by atoms with Gasteiger partial charge >= 0.3 is 0 Å². The Balaban J connectivity index is 2.42. The van der Waals surface area contributed by atoms with Crippen molar-refractivity contribution >= 4 is 11.4 Å². The zero-order chi connectivity index (χ0) is 11.7. The van der Waals surface area contributed by atoms with Gasteiger partial charge < -0.3 is 10.2 Å². The van der Waals surface area contributed by atoms with Crippen LogP contribution in [0.2, 0.25) is 0 Å². The Labute approximate surface area is 98.7 Å². The molecule has 2 heteroatoms. The Kier molecular flexibility index (Phi) is 3.08. The Bertz CT molecular complexity index is 371. The predicted molar refractivity (Wildman–Crippen MR) is 71.5 cm³/mol. The first kappa shape index (κ1) is 11.3. The molecule has 1 heterocycles. The first-order chi connectivity index (χ1) is 7.59. The monoisotopic (exact) mass is 218 g/mol. The van der Waals surface area contributed by atoms with Crippen LogP contribution in [0.1, 0.15) is 38.7 Å². The van der Waals surface area contributed by atoms with E-state index < -0.39 is 0 Å². The van der Waals surface area contributed by atoms with Crippen LogP contribution in [0.15, 0.2) is 18.2 Å². The van der Waals surface area contributed by atoms with E-state index in [1.54, 1.807) is 0 Å². The molecule has 1 aromatic carbocycles. The van der Waals surface area contributed by atoms with E-state index in [-0.39, 0.29) is 0 Å². The maximum absolute atomic E-state index is 3.51. The van der Waals surface area contributed by atoms with Gasteiger partial charge in [-0.3, -0.25) is 0 Å². The van der Waals surface area contributed by atoms with Crippen LogP contribution in [0.25, 0.3) is 0 Å². The smallest absolute Gasteiger partial charge is 0.0604 e. The number of anilines is 2. The van der Waals surface area contributed by atoms with E-state index in [1.807, 2.05) is 0 Å². The van der Waals surface area contributed by atoms with Gasteiger partial charge in [0.15, 0.2) is 0 Å². The molecule has 0 aliphatic carbocycles. The Morgan fingerprint density at radius 3 is 2.81 bits per heavy atom. The van der Waals surface area contributed by atoms with Crippen molar-refractivity contribution in [2.75, 3.05) is 23.8 Å². The molecule has 0 saturated heterocycles. The standard InChI is InChI=1S/C14H22N2/c1-10(2)12-5-6-13-14(9-12)16(4)11(3)7-8-15-13/h5-6,9-11,15H,7-8H2,1-4H3. The Morgan fingerprint density at radius 1 is 1.38 bits per heavy atom. The van der Waals surface area contributed by atoms with Gasteiger partial charge in [-0.25, -0.2) is 0 Å². The lowest BCUT2D eigenvalue weighted by Crippen LogP contribution is -2.28. The second-order valence-electron chi connectivity index (χ2n) is 5.11. The molecular weight excluding hydrogens is 196 g/mol. The topological polar surface area (TPSA) is 15.3 Å². The van der Waals surface area contributed by atoms with Crippen molar-refractivity contribution in [3.8, 4) is 0 Å². The maximum Gasteiger partial charge on any atom is 0.0604 e. The highest BCUT2D eigenvalue weighted by atomic mass is 15.2. The summed E-state index contributed by atoms with van der Waals surface area (Å²) in [6, 6.07) is 7.39. The highest BCUT2D eigenvalue weighted by Gasteiger charge is 2.18. The van der Waals surface area contributed by atoms with Crippen molar-refractivity contribution in [3.05, 3.63) is 23.8 Å². The first-order valence-electron chi connectivity index (χ1n) is 6.20. The molecule has 2 rings (SSSR count). The maximum atomic E-state index is 3.51. The van der Waals surface area contributed by atoms with Gasteiger partial charge in [-0.2, -0.15) is 0 Å². The minimum Gasteiger partial charge on any atom is -0.383 e. The number of hydrogen-bond acceptors (Lipinski definition) is 2. The van der Waals surface area contributed by atoms with Crippen molar-refractivity contribution in [2.45, 2.75) is 39.2 Å². The van der Waals surface area contributed by atoms with Crippen molar-refractivity contribution in [2.24, 2.45) is 0 Å². The van der Waals surface area contributed by atoms with Crippen LogP contribution in [0.4, 0.5) is 11.4 Å². The molecule has 88 valence electrons. The van der Waals surface area contributed by atoms with Crippen molar-refractivity contribution in [1.29, 1.82) is 0 Å². The molecule has 0 saturated carbocycles. The highest BCUT2D eigenvalue weighted by molar-refractivity contribution is 5.72. The second-order valence-corrected chi connectivity index (χ2v) is 5.11. The molecule has 1 N–H and O–H groups in total. The first-order valence-corrected chi connectivity index (χ1v) is 6.20. The van der Waals surface area contributed by atoms with Crippen LogP contribution in [-0.4, -0.2) is 19.6 Å². The summed E-state index contributed by atoms with van der Waals surface area (Å²) in [5.74, 6) is 0.595. The minimum absolute atomic E-state index is 0.595. The van der Waals surface area contributed by atoms with Crippen molar-refractivity contribution in [1.82, 2.24) is 0 Å². The van der Waals surface area contributed by atoms with Gasteiger partial charge in [-0.15, -0.1) is 0 Å². The van der Waals surface area contributed by atoms with E-state index in [9.17, 15) is 0 Å². The van der Waals surface area contributed by atoms with Crippen LogP contribution in [-0.2, 0) is 0 Å². The molecule has 2 nitrogen and oxygen atoms in total. The zero-order valence-corrected chi connectivity index (χ0v) is 10.7. The van der Waals surface area contributed by atoms with Gasteiger partial charge in [-0.05, 0) is 37.0 Å². The summed E-state index contributed by atoms with van der Waals surface area (Å²) in [6.07, 6.45) is 1.20. The zero-order valence-electron chi connectivity index (χ0n) is 10.7. The van der Waals surface area contributed by atoms with Crippen LogP contribution in [0.3, 0.4) is 0 Å². The molecular formula is C14H22N2. The summed E-state index contributed by atoms with van der Waals surface area (Å²) >= 11 is 0. The molecule has 0 amide bonds. The Morgan fingerprint density at radius 2 is 2.12 bits per heavy atom. The summed E-state index contributed by atoms with van der Waals surface area (Å²) in [5, 5.41) is 3.51. The predicted octanol–water partition coefficient (Wildman–Crippen LogP) is 3.45. The second kappa shape index (κ2) is 4.36. The van der Waals surface area contributed by atoms with Gasteiger partial charge in [0.1, 0.15) is 0 Å². The number of hydrogen-bond donors (Lipinski definition) is 1. The lowest BCUT2D eigenvalue weighted by atomic mass is 10.0. The minimum atomic E-state index is 0.595. The third-order valence-electron chi connectivity index (χ3n) is 3.61. The molecule has 0 bridgehead atoms. The summed E-state index contributed by atoms with van der Waals surface area (Å²) in [5.41, 5.74) is 4.04. The van der Waals surface area contributed by atoms with Crippen LogP contribution < -0.4 is 10.2 Å². The molecule has 0 aromatic heterocycles. The van der Waals surface area contributed by atoms with E-state index >= 15 is 0 Å².